The minimum atomic E-state index is -0.820. The second kappa shape index (κ2) is 9.00. The number of benzene rings is 1. The Bertz CT molecular complexity index is 399. The van der Waals surface area contributed by atoms with E-state index in [1.165, 1.54) is 0 Å². The fourth-order valence-electron chi connectivity index (χ4n) is 2.10. The van der Waals surface area contributed by atoms with Crippen LogP contribution in [0, 0.1) is 0 Å². The van der Waals surface area contributed by atoms with Gasteiger partial charge in [-0.15, -0.1) is 0 Å². The highest BCUT2D eigenvalue weighted by Gasteiger charge is 2.39. The maximum absolute atomic E-state index is 12.4. The van der Waals surface area contributed by atoms with Gasteiger partial charge in [-0.05, 0) is 31.7 Å². The maximum Gasteiger partial charge on any atom is 0.331 e. The normalized spacial score (nSPS) is 13.8. The van der Waals surface area contributed by atoms with Gasteiger partial charge in [-0.25, -0.2) is 4.79 Å². The molecular weight excluding hydrogens is 274 g/mol. The van der Waals surface area contributed by atoms with E-state index in [2.05, 4.69) is 5.32 Å². The molecule has 4 nitrogen and oxygen atoms in total. The number of hydrogen-bond acceptors (Lipinski definition) is 5. The Kier molecular flexibility index (Phi) is 7.65. The van der Waals surface area contributed by atoms with Crippen LogP contribution in [0.3, 0.4) is 0 Å². The van der Waals surface area contributed by atoms with Crippen LogP contribution in [0.4, 0.5) is 0 Å². The maximum atomic E-state index is 12.4. The molecule has 0 spiro atoms. The van der Waals surface area contributed by atoms with Gasteiger partial charge in [0.1, 0.15) is 5.54 Å². The number of likely N-dealkylation sites (N-methyl/N-ethyl adjacent to an activating group) is 1. The molecule has 1 aromatic carbocycles. The number of ether oxygens (including phenoxy) is 1. The number of rotatable bonds is 9. The number of thioether (sulfide) groups is 1. The van der Waals surface area contributed by atoms with E-state index in [0.717, 1.165) is 11.3 Å². The number of hydrogen-bond donors (Lipinski definition) is 2. The van der Waals surface area contributed by atoms with E-state index in [1.54, 1.807) is 18.8 Å². The van der Waals surface area contributed by atoms with Gasteiger partial charge in [-0.2, -0.15) is 11.8 Å². The molecule has 0 radical (unpaired) electrons. The molecule has 20 heavy (non-hydrogen) atoms. The Labute approximate surface area is 124 Å². The fourth-order valence-corrected chi connectivity index (χ4v) is 2.89. The molecule has 1 unspecified atom stereocenters. The van der Waals surface area contributed by atoms with Gasteiger partial charge in [0, 0.05) is 5.75 Å². The van der Waals surface area contributed by atoms with Crippen LogP contribution in [0.2, 0.25) is 0 Å². The average Bonchev–Trinajstić information content (AvgIpc) is 2.49. The van der Waals surface area contributed by atoms with Crippen molar-refractivity contribution >= 4 is 17.7 Å². The van der Waals surface area contributed by atoms with E-state index in [9.17, 15) is 4.79 Å². The average molecular weight is 297 g/mol. The van der Waals surface area contributed by atoms with Crippen LogP contribution in [-0.2, 0) is 15.1 Å². The summed E-state index contributed by atoms with van der Waals surface area (Å²) in [6.07, 6.45) is 0.622. The molecule has 0 aliphatic heterocycles. The Balaban J connectivity index is 2.94. The summed E-state index contributed by atoms with van der Waals surface area (Å²) in [7, 11) is 1.78. The Hall–Kier alpha value is -1.04. The third kappa shape index (κ3) is 4.23. The zero-order chi connectivity index (χ0) is 14.8. The van der Waals surface area contributed by atoms with E-state index >= 15 is 0 Å². The van der Waals surface area contributed by atoms with Gasteiger partial charge in [0.2, 0.25) is 0 Å². The molecule has 1 rings (SSSR count). The third-order valence-electron chi connectivity index (χ3n) is 3.17. The minimum absolute atomic E-state index is 0.155. The Morgan fingerprint density at radius 2 is 2.05 bits per heavy atom. The van der Waals surface area contributed by atoms with Gasteiger partial charge in [0.05, 0.1) is 13.2 Å². The lowest BCUT2D eigenvalue weighted by molar-refractivity contribution is -0.151. The minimum Gasteiger partial charge on any atom is -0.464 e. The van der Waals surface area contributed by atoms with Crippen molar-refractivity contribution in [2.75, 3.05) is 31.8 Å². The van der Waals surface area contributed by atoms with Gasteiger partial charge >= 0.3 is 5.97 Å². The predicted octanol–water partition coefficient (Wildman–Crippen LogP) is 1.78. The lowest BCUT2D eigenvalue weighted by Crippen LogP contribution is -2.49. The van der Waals surface area contributed by atoms with E-state index in [1.807, 2.05) is 37.3 Å². The van der Waals surface area contributed by atoms with Crippen LogP contribution in [0.25, 0.3) is 0 Å². The van der Waals surface area contributed by atoms with Crippen LogP contribution in [-0.4, -0.2) is 42.8 Å². The third-order valence-corrected chi connectivity index (χ3v) is 4.14. The second-order valence-electron chi connectivity index (χ2n) is 4.33. The molecule has 1 aromatic rings. The molecule has 112 valence electrons. The first-order valence-corrected chi connectivity index (χ1v) is 7.97. The number of nitrogens with one attached hydrogen (secondary N) is 1. The second-order valence-corrected chi connectivity index (χ2v) is 5.55. The highest BCUT2D eigenvalue weighted by molar-refractivity contribution is 7.99. The molecule has 0 aromatic heterocycles. The largest absolute Gasteiger partial charge is 0.464 e. The van der Waals surface area contributed by atoms with E-state index < -0.39 is 5.54 Å². The molecule has 0 amide bonds. The molecule has 0 bridgehead atoms. The van der Waals surface area contributed by atoms with E-state index in [0.29, 0.717) is 18.8 Å². The number of aliphatic hydroxyl groups is 1. The first-order valence-electron chi connectivity index (χ1n) is 6.81. The highest BCUT2D eigenvalue weighted by atomic mass is 32.2. The van der Waals surface area contributed by atoms with Crippen LogP contribution in [0.15, 0.2) is 30.3 Å². The van der Waals surface area contributed by atoms with E-state index in [-0.39, 0.29) is 12.6 Å². The standard InChI is InChI=1S/C15H23NO3S/c1-3-19-14(18)15(16-2,9-11-20-12-10-17)13-7-5-4-6-8-13/h4-8,16-17H,3,9-12H2,1-2H3. The summed E-state index contributed by atoms with van der Waals surface area (Å²) in [6.45, 7) is 2.32. The molecule has 1 atom stereocenters. The number of carbonyl (C=O) groups excluding carboxylic acids is 1. The SMILES string of the molecule is CCOC(=O)C(CCSCCO)(NC)c1ccccc1. The molecule has 0 aliphatic rings. The zero-order valence-corrected chi connectivity index (χ0v) is 12.9. The van der Waals surface area contributed by atoms with Gasteiger partial charge in [-0.1, -0.05) is 30.3 Å². The quantitative estimate of drug-likeness (QED) is 0.537. The summed E-state index contributed by atoms with van der Waals surface area (Å²) >= 11 is 1.63. The van der Waals surface area contributed by atoms with Crippen LogP contribution >= 0.6 is 11.8 Å². The molecule has 2 N–H and O–H groups in total. The fraction of sp³-hybridized carbons (Fsp3) is 0.533. The zero-order valence-electron chi connectivity index (χ0n) is 12.1. The molecule has 0 heterocycles. The first-order chi connectivity index (χ1) is 9.71. The monoisotopic (exact) mass is 297 g/mol. The molecule has 0 fully saturated rings. The Morgan fingerprint density at radius 3 is 2.60 bits per heavy atom. The van der Waals surface area contributed by atoms with Crippen molar-refractivity contribution in [3.8, 4) is 0 Å². The van der Waals surface area contributed by atoms with Gasteiger partial charge in [0.15, 0.2) is 0 Å². The van der Waals surface area contributed by atoms with Gasteiger partial charge in [-0.3, -0.25) is 0 Å². The summed E-state index contributed by atoms with van der Waals surface area (Å²) in [4.78, 5) is 12.4. The number of aliphatic hydroxyl groups excluding tert-OH is 1. The number of esters is 1. The summed E-state index contributed by atoms with van der Waals surface area (Å²) in [5.41, 5.74) is 0.0882. The van der Waals surface area contributed by atoms with Crippen molar-refractivity contribution in [2.24, 2.45) is 0 Å². The van der Waals surface area contributed by atoms with Crippen LogP contribution < -0.4 is 5.32 Å². The van der Waals surface area contributed by atoms with Crippen molar-refractivity contribution < 1.29 is 14.6 Å². The topological polar surface area (TPSA) is 58.6 Å². The van der Waals surface area contributed by atoms with Crippen LogP contribution in [0.5, 0.6) is 0 Å². The lowest BCUT2D eigenvalue weighted by Gasteiger charge is -2.31. The van der Waals surface area contributed by atoms with Gasteiger partial charge in [0.25, 0.3) is 0 Å². The summed E-state index contributed by atoms with van der Waals surface area (Å²) < 4.78 is 5.25. The van der Waals surface area contributed by atoms with Crippen molar-refractivity contribution in [1.29, 1.82) is 0 Å². The summed E-state index contributed by atoms with van der Waals surface area (Å²) in [6, 6.07) is 9.63. The van der Waals surface area contributed by atoms with Crippen molar-refractivity contribution in [1.82, 2.24) is 5.32 Å². The summed E-state index contributed by atoms with van der Waals surface area (Å²) in [5, 5.41) is 12.0. The molecule has 0 saturated heterocycles. The van der Waals surface area contributed by atoms with Gasteiger partial charge < -0.3 is 15.2 Å². The lowest BCUT2D eigenvalue weighted by atomic mass is 9.87. The van der Waals surface area contributed by atoms with Crippen LogP contribution in [0.1, 0.15) is 18.9 Å². The molecular formula is C15H23NO3S. The molecule has 0 saturated carbocycles. The predicted molar refractivity (Wildman–Crippen MR) is 82.8 cm³/mol. The Morgan fingerprint density at radius 1 is 1.35 bits per heavy atom. The highest BCUT2D eigenvalue weighted by Crippen LogP contribution is 2.28. The first kappa shape index (κ1) is 17.0. The molecule has 0 aliphatic carbocycles. The molecule has 5 heteroatoms. The summed E-state index contributed by atoms with van der Waals surface area (Å²) in [5.74, 6) is 1.20. The number of carbonyl (C=O) groups is 1. The van der Waals surface area contributed by atoms with Crippen molar-refractivity contribution in [3.05, 3.63) is 35.9 Å². The van der Waals surface area contributed by atoms with Crippen molar-refractivity contribution in [3.63, 3.8) is 0 Å². The van der Waals surface area contributed by atoms with E-state index in [4.69, 9.17) is 9.84 Å². The van der Waals surface area contributed by atoms with Crippen molar-refractivity contribution in [2.45, 2.75) is 18.9 Å². The smallest absolute Gasteiger partial charge is 0.331 e.